The summed E-state index contributed by atoms with van der Waals surface area (Å²) in [4.78, 5) is 0. The Morgan fingerprint density at radius 1 is 1.15 bits per heavy atom. The number of aliphatic hydroxyl groups excluding tert-OH is 1. The minimum Gasteiger partial charge on any atom is -0.393 e. The van der Waals surface area contributed by atoms with Crippen LogP contribution in [0.25, 0.3) is 0 Å². The van der Waals surface area contributed by atoms with E-state index < -0.39 is 11.9 Å². The lowest BCUT2D eigenvalue weighted by Crippen LogP contribution is -2.14. The van der Waals surface area contributed by atoms with Gasteiger partial charge in [0.15, 0.2) is 0 Å². The van der Waals surface area contributed by atoms with E-state index >= 15 is 0 Å². The molecule has 20 heavy (non-hydrogen) atoms. The first-order valence-electron chi connectivity index (χ1n) is 6.73. The van der Waals surface area contributed by atoms with Crippen LogP contribution in [0.2, 0.25) is 5.02 Å². The SMILES string of the molecule is CC(CC(O)Cc1ccc(F)c(Cl)c1)c1ccccc1. The summed E-state index contributed by atoms with van der Waals surface area (Å²) in [6.45, 7) is 2.09. The van der Waals surface area contributed by atoms with E-state index in [9.17, 15) is 9.50 Å². The van der Waals surface area contributed by atoms with Gasteiger partial charge in [0.05, 0.1) is 11.1 Å². The van der Waals surface area contributed by atoms with Crippen molar-refractivity contribution in [2.45, 2.75) is 31.8 Å². The Balaban J connectivity index is 1.95. The molecule has 0 heterocycles. The van der Waals surface area contributed by atoms with Crippen LogP contribution in [0.15, 0.2) is 48.5 Å². The van der Waals surface area contributed by atoms with Gasteiger partial charge in [-0.25, -0.2) is 4.39 Å². The maximum Gasteiger partial charge on any atom is 0.141 e. The first-order valence-corrected chi connectivity index (χ1v) is 7.11. The smallest absolute Gasteiger partial charge is 0.141 e. The zero-order chi connectivity index (χ0) is 14.5. The fourth-order valence-corrected chi connectivity index (χ4v) is 2.55. The van der Waals surface area contributed by atoms with Crippen molar-refractivity contribution >= 4 is 11.6 Å². The first-order chi connectivity index (χ1) is 9.56. The third-order valence-corrected chi connectivity index (χ3v) is 3.74. The lowest BCUT2D eigenvalue weighted by molar-refractivity contribution is 0.157. The van der Waals surface area contributed by atoms with Crippen molar-refractivity contribution in [1.29, 1.82) is 0 Å². The summed E-state index contributed by atoms with van der Waals surface area (Å²) in [5.41, 5.74) is 2.06. The molecule has 2 atom stereocenters. The monoisotopic (exact) mass is 292 g/mol. The lowest BCUT2D eigenvalue weighted by atomic mass is 9.92. The van der Waals surface area contributed by atoms with E-state index in [1.54, 1.807) is 12.1 Å². The molecule has 0 amide bonds. The van der Waals surface area contributed by atoms with Gasteiger partial charge in [-0.3, -0.25) is 0 Å². The Morgan fingerprint density at radius 3 is 2.50 bits per heavy atom. The molecule has 2 rings (SSSR count). The molecular formula is C17H18ClFO. The summed E-state index contributed by atoms with van der Waals surface area (Å²) in [6, 6.07) is 14.7. The largest absolute Gasteiger partial charge is 0.393 e. The van der Waals surface area contributed by atoms with Gasteiger partial charge in [0.2, 0.25) is 0 Å². The van der Waals surface area contributed by atoms with Crippen LogP contribution in [0.3, 0.4) is 0 Å². The Labute approximate surface area is 124 Å². The number of aliphatic hydroxyl groups is 1. The third-order valence-electron chi connectivity index (χ3n) is 3.45. The van der Waals surface area contributed by atoms with Gasteiger partial charge < -0.3 is 5.11 Å². The summed E-state index contributed by atoms with van der Waals surface area (Å²) in [5, 5.41) is 10.3. The normalized spacial score (nSPS) is 14.0. The number of halogens is 2. The fraction of sp³-hybridized carbons (Fsp3) is 0.294. The van der Waals surface area contributed by atoms with Crippen LogP contribution in [-0.2, 0) is 6.42 Å². The zero-order valence-corrected chi connectivity index (χ0v) is 12.1. The van der Waals surface area contributed by atoms with Crippen molar-refractivity contribution in [3.63, 3.8) is 0 Å². The van der Waals surface area contributed by atoms with Crippen molar-refractivity contribution in [1.82, 2.24) is 0 Å². The second-order valence-electron chi connectivity index (χ2n) is 5.15. The molecule has 0 spiro atoms. The van der Waals surface area contributed by atoms with E-state index in [4.69, 9.17) is 11.6 Å². The van der Waals surface area contributed by atoms with Crippen LogP contribution in [0.4, 0.5) is 4.39 Å². The summed E-state index contributed by atoms with van der Waals surface area (Å²) < 4.78 is 13.1. The van der Waals surface area contributed by atoms with Gasteiger partial charge in [0.1, 0.15) is 5.82 Å². The summed E-state index contributed by atoms with van der Waals surface area (Å²) >= 11 is 5.74. The van der Waals surface area contributed by atoms with Crippen LogP contribution < -0.4 is 0 Å². The summed E-state index contributed by atoms with van der Waals surface area (Å²) in [7, 11) is 0. The molecule has 3 heteroatoms. The number of rotatable bonds is 5. The molecule has 2 aromatic carbocycles. The second kappa shape index (κ2) is 6.87. The summed E-state index contributed by atoms with van der Waals surface area (Å²) in [5.74, 6) is -0.148. The van der Waals surface area contributed by atoms with Crippen molar-refractivity contribution in [3.8, 4) is 0 Å². The van der Waals surface area contributed by atoms with Crippen molar-refractivity contribution in [2.24, 2.45) is 0 Å². The third kappa shape index (κ3) is 4.06. The highest BCUT2D eigenvalue weighted by Crippen LogP contribution is 2.23. The molecule has 0 aliphatic heterocycles. The van der Waals surface area contributed by atoms with E-state index in [0.29, 0.717) is 12.8 Å². The number of hydrogen-bond acceptors (Lipinski definition) is 1. The van der Waals surface area contributed by atoms with E-state index in [-0.39, 0.29) is 10.9 Å². The predicted molar refractivity (Wildman–Crippen MR) is 80.6 cm³/mol. The molecule has 0 bridgehead atoms. The molecule has 1 nitrogen and oxygen atoms in total. The quantitative estimate of drug-likeness (QED) is 0.855. The van der Waals surface area contributed by atoms with Gasteiger partial charge in [0, 0.05) is 0 Å². The molecular weight excluding hydrogens is 275 g/mol. The van der Waals surface area contributed by atoms with E-state index in [0.717, 1.165) is 5.56 Å². The first kappa shape index (κ1) is 15.0. The van der Waals surface area contributed by atoms with Crippen molar-refractivity contribution < 1.29 is 9.50 Å². The molecule has 0 aliphatic rings. The average Bonchev–Trinajstić information content (AvgIpc) is 2.44. The topological polar surface area (TPSA) is 20.2 Å². The molecule has 2 aromatic rings. The lowest BCUT2D eigenvalue weighted by Gasteiger charge is -2.17. The van der Waals surface area contributed by atoms with Crippen LogP contribution in [-0.4, -0.2) is 11.2 Å². The van der Waals surface area contributed by atoms with Gasteiger partial charge in [-0.05, 0) is 42.0 Å². The molecule has 0 fully saturated rings. The van der Waals surface area contributed by atoms with E-state index in [1.165, 1.54) is 11.6 Å². The van der Waals surface area contributed by atoms with Crippen LogP contribution >= 0.6 is 11.6 Å². The van der Waals surface area contributed by atoms with Gasteiger partial charge in [-0.2, -0.15) is 0 Å². The molecule has 106 valence electrons. The molecule has 1 N–H and O–H groups in total. The fourth-order valence-electron chi connectivity index (χ4n) is 2.35. The van der Waals surface area contributed by atoms with Gasteiger partial charge in [-0.15, -0.1) is 0 Å². The standard InChI is InChI=1S/C17H18ClFO/c1-12(14-5-3-2-4-6-14)9-15(20)10-13-7-8-17(19)16(18)11-13/h2-8,11-12,15,20H,9-10H2,1H3. The highest BCUT2D eigenvalue weighted by molar-refractivity contribution is 6.30. The van der Waals surface area contributed by atoms with E-state index in [2.05, 4.69) is 19.1 Å². The Morgan fingerprint density at radius 2 is 1.85 bits per heavy atom. The predicted octanol–water partition coefficient (Wildman–Crippen LogP) is 4.58. The molecule has 0 aliphatic carbocycles. The maximum absolute atomic E-state index is 13.1. The Kier molecular flexibility index (Phi) is 5.16. The zero-order valence-electron chi connectivity index (χ0n) is 11.4. The molecule has 0 saturated carbocycles. The second-order valence-corrected chi connectivity index (χ2v) is 5.56. The number of benzene rings is 2. The van der Waals surface area contributed by atoms with Crippen LogP contribution in [0.5, 0.6) is 0 Å². The highest BCUT2D eigenvalue weighted by atomic mass is 35.5. The minimum absolute atomic E-state index is 0.103. The van der Waals surface area contributed by atoms with Crippen molar-refractivity contribution in [3.05, 3.63) is 70.5 Å². The molecule has 0 radical (unpaired) electrons. The maximum atomic E-state index is 13.1. The van der Waals surface area contributed by atoms with Crippen LogP contribution in [0.1, 0.15) is 30.4 Å². The molecule has 0 aromatic heterocycles. The molecule has 2 unspecified atom stereocenters. The van der Waals surface area contributed by atoms with Crippen LogP contribution in [0, 0.1) is 5.82 Å². The Bertz CT molecular complexity index is 556. The van der Waals surface area contributed by atoms with Gasteiger partial charge in [0.25, 0.3) is 0 Å². The van der Waals surface area contributed by atoms with Crippen molar-refractivity contribution in [2.75, 3.05) is 0 Å². The minimum atomic E-state index is -0.466. The number of hydrogen-bond donors (Lipinski definition) is 1. The Hall–Kier alpha value is -1.38. The highest BCUT2D eigenvalue weighted by Gasteiger charge is 2.13. The van der Waals surface area contributed by atoms with Gasteiger partial charge >= 0.3 is 0 Å². The summed E-state index contributed by atoms with van der Waals surface area (Å²) in [6.07, 6.45) is 0.683. The molecule has 0 saturated heterocycles. The average molecular weight is 293 g/mol. The van der Waals surface area contributed by atoms with Gasteiger partial charge in [-0.1, -0.05) is 54.9 Å². The van der Waals surface area contributed by atoms with E-state index in [1.807, 2.05) is 18.2 Å².